The van der Waals surface area contributed by atoms with Gasteiger partial charge in [0.2, 0.25) is 0 Å². The number of halogens is 3. The molecule has 0 bridgehead atoms. The van der Waals surface area contributed by atoms with E-state index in [9.17, 15) is 17.2 Å². The molecule has 0 spiro atoms. The Bertz CT molecular complexity index is 1340. The van der Waals surface area contributed by atoms with Crippen molar-refractivity contribution in [1.82, 2.24) is 8.96 Å². The van der Waals surface area contributed by atoms with Crippen molar-refractivity contribution in [2.24, 2.45) is 0 Å². The van der Waals surface area contributed by atoms with Crippen molar-refractivity contribution in [2.75, 3.05) is 7.11 Å². The molecule has 0 aliphatic heterocycles. The molecule has 0 unspecified atom stereocenters. The number of pyridine rings is 1. The van der Waals surface area contributed by atoms with E-state index in [0.717, 1.165) is 15.6 Å². The molecule has 2 aromatic heterocycles. The molecular formula is C21H17BrF2N2O3S. The fraction of sp³-hybridized carbons (Fsp3) is 0.190. The first-order valence-electron chi connectivity index (χ1n) is 9.04. The van der Waals surface area contributed by atoms with Crippen LogP contribution in [-0.2, 0) is 10.0 Å². The highest BCUT2D eigenvalue weighted by Gasteiger charge is 2.27. The zero-order valence-electron chi connectivity index (χ0n) is 16.1. The van der Waals surface area contributed by atoms with Gasteiger partial charge < -0.3 is 4.74 Å². The first-order chi connectivity index (χ1) is 14.2. The molecule has 1 aliphatic rings. The quantitative estimate of drug-likeness (QED) is 0.476. The van der Waals surface area contributed by atoms with Gasteiger partial charge >= 0.3 is 0 Å². The summed E-state index contributed by atoms with van der Waals surface area (Å²) >= 11 is 3.33. The van der Waals surface area contributed by atoms with Crippen LogP contribution in [0.25, 0.3) is 22.2 Å². The molecule has 0 atom stereocenters. The van der Waals surface area contributed by atoms with Gasteiger partial charge in [0.05, 0.1) is 12.0 Å². The number of methoxy groups -OCH3 is 1. The van der Waals surface area contributed by atoms with Crippen LogP contribution in [0.2, 0.25) is 0 Å². The van der Waals surface area contributed by atoms with E-state index in [1.165, 1.54) is 19.5 Å². The van der Waals surface area contributed by atoms with Gasteiger partial charge in [-0.1, -0.05) is 11.6 Å². The van der Waals surface area contributed by atoms with Gasteiger partial charge in [0, 0.05) is 39.4 Å². The van der Waals surface area contributed by atoms with Crippen LogP contribution in [0.5, 0.6) is 5.75 Å². The van der Waals surface area contributed by atoms with Crippen LogP contribution in [-0.4, -0.2) is 24.5 Å². The Kier molecular flexibility index (Phi) is 5.27. The minimum Gasteiger partial charge on any atom is -0.493 e. The van der Waals surface area contributed by atoms with Crippen LogP contribution < -0.4 is 4.74 Å². The third-order valence-corrected chi connectivity index (χ3v) is 7.22. The van der Waals surface area contributed by atoms with Crippen LogP contribution >= 0.6 is 15.9 Å². The minimum atomic E-state index is -3.92. The largest absolute Gasteiger partial charge is 0.493 e. The first kappa shape index (κ1) is 20.7. The molecule has 0 fully saturated rings. The van der Waals surface area contributed by atoms with E-state index in [4.69, 9.17) is 4.74 Å². The Hall–Kier alpha value is -2.52. The molecule has 0 saturated carbocycles. The molecule has 156 valence electrons. The van der Waals surface area contributed by atoms with Crippen LogP contribution in [0, 0.1) is 11.6 Å². The molecule has 9 heteroatoms. The predicted octanol–water partition coefficient (Wildman–Crippen LogP) is 5.55. The third kappa shape index (κ3) is 3.45. The average molecular weight is 495 g/mol. The van der Waals surface area contributed by atoms with Gasteiger partial charge in [-0.25, -0.2) is 26.2 Å². The lowest BCUT2D eigenvalue weighted by atomic mass is 10.0. The normalized spacial score (nSPS) is 14.6. The summed E-state index contributed by atoms with van der Waals surface area (Å²) in [6, 6.07) is 3.49. The molecule has 1 aliphatic carbocycles. The van der Waals surface area contributed by atoms with Gasteiger partial charge in [-0.15, -0.1) is 0 Å². The summed E-state index contributed by atoms with van der Waals surface area (Å²) in [5.74, 6) is -1.86. The fourth-order valence-corrected chi connectivity index (χ4v) is 5.28. The second-order valence-corrected chi connectivity index (χ2v) is 9.77. The molecule has 4 rings (SSSR count). The smallest absolute Gasteiger partial charge is 0.265 e. The maximum Gasteiger partial charge on any atom is 0.265 e. The lowest BCUT2D eigenvalue weighted by Crippen LogP contribution is -2.15. The zero-order valence-corrected chi connectivity index (χ0v) is 18.5. The number of nitrogens with zero attached hydrogens (tertiary/aromatic N) is 2. The Labute approximate surface area is 180 Å². The molecule has 3 aromatic rings. The Morgan fingerprint density at radius 1 is 1.13 bits per heavy atom. The van der Waals surface area contributed by atoms with E-state index in [2.05, 4.69) is 20.9 Å². The molecular weight excluding hydrogens is 478 g/mol. The first-order valence-corrected chi connectivity index (χ1v) is 11.3. The topological polar surface area (TPSA) is 61.2 Å². The Morgan fingerprint density at radius 2 is 1.90 bits per heavy atom. The van der Waals surface area contributed by atoms with E-state index in [0.29, 0.717) is 34.3 Å². The van der Waals surface area contributed by atoms with Crippen LogP contribution in [0.15, 0.2) is 57.7 Å². The monoisotopic (exact) mass is 494 g/mol. The highest BCUT2D eigenvalue weighted by atomic mass is 79.9. The van der Waals surface area contributed by atoms with Crippen molar-refractivity contribution in [2.45, 2.75) is 19.8 Å². The number of allylic oxidation sites excluding steroid dienone is 4. The predicted molar refractivity (Wildman–Crippen MR) is 115 cm³/mol. The number of benzene rings is 1. The second-order valence-electron chi connectivity index (χ2n) is 6.98. The molecule has 0 saturated heterocycles. The van der Waals surface area contributed by atoms with Crippen LogP contribution in [0.1, 0.15) is 19.8 Å². The molecule has 2 heterocycles. The number of hydrogen-bond donors (Lipinski definition) is 0. The average Bonchev–Trinajstić information content (AvgIpc) is 3.07. The minimum absolute atomic E-state index is 0.0993. The van der Waals surface area contributed by atoms with Crippen molar-refractivity contribution >= 4 is 37.0 Å². The number of rotatable bonds is 4. The number of fused-ring (bicyclic) bond motifs is 1. The Morgan fingerprint density at radius 3 is 2.57 bits per heavy atom. The van der Waals surface area contributed by atoms with E-state index in [1.807, 2.05) is 6.92 Å². The highest BCUT2D eigenvalue weighted by molar-refractivity contribution is 9.10. The fourth-order valence-electron chi connectivity index (χ4n) is 3.48. The number of aromatic nitrogens is 2. The summed E-state index contributed by atoms with van der Waals surface area (Å²) in [6.07, 6.45) is 7.18. The summed E-state index contributed by atoms with van der Waals surface area (Å²) in [5.41, 5.74) is 1.64. The summed E-state index contributed by atoms with van der Waals surface area (Å²) < 4.78 is 61.8. The van der Waals surface area contributed by atoms with E-state index < -0.39 is 21.7 Å². The third-order valence-electron chi connectivity index (χ3n) is 4.99. The van der Waals surface area contributed by atoms with Crippen molar-refractivity contribution in [3.8, 4) is 16.9 Å². The van der Waals surface area contributed by atoms with E-state index in [1.54, 1.807) is 18.2 Å². The van der Waals surface area contributed by atoms with Crippen molar-refractivity contribution in [3.05, 3.63) is 69.3 Å². The van der Waals surface area contributed by atoms with Gasteiger partial charge in [-0.3, -0.25) is 0 Å². The molecule has 1 aromatic carbocycles. The van der Waals surface area contributed by atoms with E-state index in [-0.39, 0.29) is 21.9 Å². The molecule has 0 N–H and O–H groups in total. The Balaban J connectivity index is 2.03. The highest BCUT2D eigenvalue weighted by Crippen LogP contribution is 2.40. The molecule has 5 nitrogen and oxygen atoms in total. The molecule has 0 radical (unpaired) electrons. The summed E-state index contributed by atoms with van der Waals surface area (Å²) in [7, 11) is -2.66. The number of hydrogen-bond acceptors (Lipinski definition) is 4. The van der Waals surface area contributed by atoms with Crippen molar-refractivity contribution < 1.29 is 21.9 Å². The van der Waals surface area contributed by atoms with Crippen LogP contribution in [0.4, 0.5) is 8.78 Å². The van der Waals surface area contributed by atoms with Gasteiger partial charge in [0.15, 0.2) is 17.2 Å². The SMILES string of the molecule is COc1c(F)cc(F)cc1-c1cn(S(=O)(=O)C2=CC=C(C)CC2)c2ncc(Br)cc12. The second kappa shape index (κ2) is 7.63. The zero-order chi connectivity index (χ0) is 21.6. The van der Waals surface area contributed by atoms with Crippen LogP contribution in [0.3, 0.4) is 0 Å². The molecule has 0 amide bonds. The van der Waals surface area contributed by atoms with Gasteiger partial charge in [-0.2, -0.15) is 0 Å². The summed E-state index contributed by atoms with van der Waals surface area (Å²) in [6.45, 7) is 1.94. The van der Waals surface area contributed by atoms with Gasteiger partial charge in [0.1, 0.15) is 5.82 Å². The van der Waals surface area contributed by atoms with Crippen molar-refractivity contribution in [3.63, 3.8) is 0 Å². The standard InChI is InChI=1S/C21H17BrF2N2O3S/c1-12-3-5-15(6-4-12)30(27,28)26-11-18(17-7-13(22)10-25-21(17)26)16-8-14(23)9-19(24)20(16)29-2/h3,5,7-11H,4,6H2,1-2H3. The van der Waals surface area contributed by atoms with E-state index >= 15 is 0 Å². The maximum atomic E-state index is 14.3. The summed E-state index contributed by atoms with van der Waals surface area (Å²) in [5, 5.41) is 0.416. The maximum absolute atomic E-state index is 14.3. The lowest BCUT2D eigenvalue weighted by Gasteiger charge is -2.14. The van der Waals surface area contributed by atoms with Crippen molar-refractivity contribution in [1.29, 1.82) is 0 Å². The molecule has 30 heavy (non-hydrogen) atoms. The van der Waals surface area contributed by atoms with Gasteiger partial charge in [-0.05, 0) is 53.9 Å². The van der Waals surface area contributed by atoms with Gasteiger partial charge in [0.25, 0.3) is 10.0 Å². The summed E-state index contributed by atoms with van der Waals surface area (Å²) in [4.78, 5) is 4.52. The number of ether oxygens (including phenoxy) is 1. The lowest BCUT2D eigenvalue weighted by molar-refractivity contribution is 0.386.